The topological polar surface area (TPSA) is 86.5 Å². The number of nitrogens with one attached hydrogen (secondary N) is 1. The standard InChI is InChI=1S/C19H19N3O4/c1-12-5-4-6-13(2)17(12)25-11-16(23)20-19-21-18(26-22-19)14-7-9-15(24-3)10-8-14/h4-10H,11H2,1-3H3,(H,20,22,23). The molecule has 0 aliphatic carbocycles. The van der Waals surface area contributed by atoms with E-state index in [-0.39, 0.29) is 18.5 Å². The Morgan fingerprint density at radius 2 is 1.81 bits per heavy atom. The first-order valence-electron chi connectivity index (χ1n) is 8.04. The molecule has 1 aromatic heterocycles. The summed E-state index contributed by atoms with van der Waals surface area (Å²) >= 11 is 0. The Hall–Kier alpha value is -3.35. The molecule has 26 heavy (non-hydrogen) atoms. The van der Waals surface area contributed by atoms with Gasteiger partial charge in [-0.2, -0.15) is 4.98 Å². The number of benzene rings is 2. The zero-order valence-corrected chi connectivity index (χ0v) is 14.8. The minimum absolute atomic E-state index is 0.0888. The summed E-state index contributed by atoms with van der Waals surface area (Å²) in [6, 6.07) is 13.0. The SMILES string of the molecule is COc1ccc(-c2nc(NC(=O)COc3c(C)cccc3C)no2)cc1. The van der Waals surface area contributed by atoms with Gasteiger partial charge in [-0.25, -0.2) is 0 Å². The Balaban J connectivity index is 1.60. The molecule has 0 unspecified atom stereocenters. The van der Waals surface area contributed by atoms with Crippen LogP contribution in [0.5, 0.6) is 11.5 Å². The summed E-state index contributed by atoms with van der Waals surface area (Å²) < 4.78 is 15.9. The lowest BCUT2D eigenvalue weighted by atomic mass is 10.1. The maximum Gasteiger partial charge on any atom is 0.270 e. The second kappa shape index (κ2) is 7.69. The van der Waals surface area contributed by atoms with Gasteiger partial charge in [0, 0.05) is 5.56 Å². The van der Waals surface area contributed by atoms with Gasteiger partial charge in [-0.1, -0.05) is 18.2 Å². The third kappa shape index (κ3) is 4.00. The third-order valence-electron chi connectivity index (χ3n) is 3.77. The first-order chi connectivity index (χ1) is 12.6. The van der Waals surface area contributed by atoms with Crippen LogP contribution in [-0.4, -0.2) is 29.8 Å². The molecule has 134 valence electrons. The Bertz CT molecular complexity index is 883. The molecule has 0 fully saturated rings. The van der Waals surface area contributed by atoms with E-state index in [0.29, 0.717) is 11.6 Å². The van der Waals surface area contributed by atoms with Crippen molar-refractivity contribution in [3.63, 3.8) is 0 Å². The fourth-order valence-electron chi connectivity index (χ4n) is 2.45. The van der Waals surface area contributed by atoms with Gasteiger partial charge in [-0.15, -0.1) is 0 Å². The van der Waals surface area contributed by atoms with E-state index >= 15 is 0 Å². The molecule has 0 aliphatic heterocycles. The predicted octanol–water partition coefficient (Wildman–Crippen LogP) is 3.38. The number of rotatable bonds is 6. The molecule has 3 aromatic rings. The maximum absolute atomic E-state index is 12.1. The highest BCUT2D eigenvalue weighted by atomic mass is 16.5. The van der Waals surface area contributed by atoms with Gasteiger partial charge in [0.05, 0.1) is 7.11 Å². The Labute approximate surface area is 150 Å². The summed E-state index contributed by atoms with van der Waals surface area (Å²) in [5.41, 5.74) is 2.67. The molecule has 0 aliphatic rings. The molecule has 1 heterocycles. The van der Waals surface area contributed by atoms with Crippen LogP contribution in [0, 0.1) is 13.8 Å². The van der Waals surface area contributed by atoms with Crippen LogP contribution in [-0.2, 0) is 4.79 Å². The van der Waals surface area contributed by atoms with E-state index in [2.05, 4.69) is 15.5 Å². The number of ether oxygens (including phenoxy) is 2. The van der Waals surface area contributed by atoms with E-state index in [1.165, 1.54) is 0 Å². The van der Waals surface area contributed by atoms with Crippen molar-refractivity contribution in [1.29, 1.82) is 0 Å². The summed E-state index contributed by atoms with van der Waals surface area (Å²) in [6.45, 7) is 3.72. The van der Waals surface area contributed by atoms with Crippen molar-refractivity contribution in [3.8, 4) is 23.0 Å². The van der Waals surface area contributed by atoms with Crippen molar-refractivity contribution in [1.82, 2.24) is 10.1 Å². The Morgan fingerprint density at radius 3 is 2.46 bits per heavy atom. The normalized spacial score (nSPS) is 10.4. The second-order valence-corrected chi connectivity index (χ2v) is 5.71. The first-order valence-corrected chi connectivity index (χ1v) is 8.04. The molecule has 0 saturated heterocycles. The summed E-state index contributed by atoms with van der Waals surface area (Å²) in [5.74, 6) is 1.46. The van der Waals surface area contributed by atoms with Crippen LogP contribution in [0.1, 0.15) is 11.1 Å². The van der Waals surface area contributed by atoms with Gasteiger partial charge in [-0.3, -0.25) is 10.1 Å². The van der Waals surface area contributed by atoms with Crippen molar-refractivity contribution in [2.24, 2.45) is 0 Å². The number of aryl methyl sites for hydroxylation is 2. The number of carbonyl (C=O) groups excluding carboxylic acids is 1. The van der Waals surface area contributed by atoms with E-state index in [1.807, 2.05) is 32.0 Å². The molecule has 0 spiro atoms. The van der Waals surface area contributed by atoms with Crippen molar-refractivity contribution >= 4 is 11.9 Å². The molecule has 7 nitrogen and oxygen atoms in total. The molecule has 1 amide bonds. The van der Waals surface area contributed by atoms with Crippen LogP contribution in [0.2, 0.25) is 0 Å². The first kappa shape index (κ1) is 17.5. The number of nitrogens with zero attached hydrogens (tertiary/aromatic N) is 2. The monoisotopic (exact) mass is 353 g/mol. The highest BCUT2D eigenvalue weighted by molar-refractivity contribution is 5.90. The maximum atomic E-state index is 12.1. The number of hydrogen-bond donors (Lipinski definition) is 1. The summed E-state index contributed by atoms with van der Waals surface area (Å²) in [7, 11) is 1.59. The number of carbonyl (C=O) groups is 1. The highest BCUT2D eigenvalue weighted by Gasteiger charge is 2.13. The summed E-state index contributed by atoms with van der Waals surface area (Å²) in [4.78, 5) is 16.2. The largest absolute Gasteiger partial charge is 0.497 e. The van der Waals surface area contributed by atoms with Crippen LogP contribution < -0.4 is 14.8 Å². The molecule has 3 rings (SSSR count). The van der Waals surface area contributed by atoms with E-state index in [9.17, 15) is 4.79 Å². The van der Waals surface area contributed by atoms with Crippen molar-refractivity contribution in [2.75, 3.05) is 19.0 Å². The molecule has 0 atom stereocenters. The minimum Gasteiger partial charge on any atom is -0.497 e. The zero-order valence-electron chi connectivity index (χ0n) is 14.8. The van der Waals surface area contributed by atoms with Crippen LogP contribution in [0.4, 0.5) is 5.95 Å². The van der Waals surface area contributed by atoms with Gasteiger partial charge in [0.1, 0.15) is 11.5 Å². The molecular formula is C19H19N3O4. The lowest BCUT2D eigenvalue weighted by Crippen LogP contribution is -2.21. The van der Waals surface area contributed by atoms with Gasteiger partial charge in [-0.05, 0) is 54.4 Å². The van der Waals surface area contributed by atoms with Gasteiger partial charge in [0.25, 0.3) is 17.7 Å². The lowest BCUT2D eigenvalue weighted by molar-refractivity contribution is -0.118. The number of hydrogen-bond acceptors (Lipinski definition) is 6. The van der Waals surface area contributed by atoms with Crippen LogP contribution >= 0.6 is 0 Å². The van der Waals surface area contributed by atoms with Crippen LogP contribution in [0.25, 0.3) is 11.5 Å². The van der Waals surface area contributed by atoms with Crippen molar-refractivity contribution in [3.05, 3.63) is 53.6 Å². The van der Waals surface area contributed by atoms with E-state index in [1.54, 1.807) is 31.4 Å². The second-order valence-electron chi connectivity index (χ2n) is 5.71. The van der Waals surface area contributed by atoms with Crippen molar-refractivity contribution < 1.29 is 18.8 Å². The quantitative estimate of drug-likeness (QED) is 0.731. The van der Waals surface area contributed by atoms with E-state index < -0.39 is 0 Å². The fourth-order valence-corrected chi connectivity index (χ4v) is 2.45. The summed E-state index contributed by atoms with van der Waals surface area (Å²) in [6.07, 6.45) is 0. The molecular weight excluding hydrogens is 334 g/mol. The number of amides is 1. The average Bonchev–Trinajstić information content (AvgIpc) is 3.10. The van der Waals surface area contributed by atoms with E-state index in [0.717, 1.165) is 22.4 Å². The number of methoxy groups -OCH3 is 1. The average molecular weight is 353 g/mol. The fraction of sp³-hybridized carbons (Fsp3) is 0.211. The number of para-hydroxylation sites is 1. The predicted molar refractivity (Wildman–Crippen MR) is 96.3 cm³/mol. The molecule has 1 N–H and O–H groups in total. The van der Waals surface area contributed by atoms with Crippen LogP contribution in [0.15, 0.2) is 47.0 Å². The smallest absolute Gasteiger partial charge is 0.270 e. The van der Waals surface area contributed by atoms with Gasteiger partial charge >= 0.3 is 0 Å². The molecule has 0 radical (unpaired) electrons. The lowest BCUT2D eigenvalue weighted by Gasteiger charge is -2.10. The van der Waals surface area contributed by atoms with Gasteiger partial charge < -0.3 is 14.0 Å². The summed E-state index contributed by atoms with van der Waals surface area (Å²) in [5, 5.41) is 6.32. The zero-order chi connectivity index (χ0) is 18.5. The van der Waals surface area contributed by atoms with Crippen molar-refractivity contribution in [2.45, 2.75) is 13.8 Å². The highest BCUT2D eigenvalue weighted by Crippen LogP contribution is 2.23. The number of anilines is 1. The Kier molecular flexibility index (Phi) is 5.17. The molecule has 7 heteroatoms. The Morgan fingerprint density at radius 1 is 1.12 bits per heavy atom. The minimum atomic E-state index is -0.366. The van der Waals surface area contributed by atoms with Gasteiger partial charge in [0.2, 0.25) is 0 Å². The number of aromatic nitrogens is 2. The van der Waals surface area contributed by atoms with Crippen LogP contribution in [0.3, 0.4) is 0 Å². The molecule has 0 saturated carbocycles. The molecule has 0 bridgehead atoms. The van der Waals surface area contributed by atoms with Gasteiger partial charge in [0.15, 0.2) is 6.61 Å². The molecule has 2 aromatic carbocycles. The van der Waals surface area contributed by atoms with E-state index in [4.69, 9.17) is 14.0 Å². The third-order valence-corrected chi connectivity index (χ3v) is 3.77.